The summed E-state index contributed by atoms with van der Waals surface area (Å²) >= 11 is 0. The molecule has 1 aromatic carbocycles. The van der Waals surface area contributed by atoms with Crippen LogP contribution in [0.3, 0.4) is 0 Å². The van der Waals surface area contributed by atoms with Gasteiger partial charge in [0, 0.05) is 17.8 Å². The first-order valence-corrected chi connectivity index (χ1v) is 5.73. The molecule has 0 radical (unpaired) electrons. The highest BCUT2D eigenvalue weighted by Crippen LogP contribution is 2.31. The molecule has 82 valence electrons. The first-order valence-electron chi connectivity index (χ1n) is 5.22. The van der Waals surface area contributed by atoms with Crippen LogP contribution in [0.5, 0.6) is 5.75 Å². The van der Waals surface area contributed by atoms with E-state index in [1.54, 1.807) is 6.07 Å². The average molecular weight is 223 g/mol. The van der Waals surface area contributed by atoms with Crippen molar-refractivity contribution >= 4 is 15.1 Å². The summed E-state index contributed by atoms with van der Waals surface area (Å²) in [7, 11) is 2.65. The van der Waals surface area contributed by atoms with E-state index < -0.39 is 0 Å². The van der Waals surface area contributed by atoms with E-state index in [1.165, 1.54) is 5.56 Å². The van der Waals surface area contributed by atoms with Gasteiger partial charge in [0.2, 0.25) is 0 Å². The Labute approximate surface area is 93.9 Å². The van der Waals surface area contributed by atoms with Crippen LogP contribution >= 0.6 is 9.39 Å². The van der Waals surface area contributed by atoms with Gasteiger partial charge in [0.15, 0.2) is 0 Å². The van der Waals surface area contributed by atoms with Crippen LogP contribution in [0.2, 0.25) is 0 Å². The third-order valence-electron chi connectivity index (χ3n) is 2.37. The number of phenols is 1. The quantitative estimate of drug-likeness (QED) is 0.683. The third-order valence-corrected chi connectivity index (χ3v) is 2.94. The van der Waals surface area contributed by atoms with Gasteiger partial charge in [-0.05, 0) is 39.6 Å². The van der Waals surface area contributed by atoms with Gasteiger partial charge < -0.3 is 9.78 Å². The van der Waals surface area contributed by atoms with Crippen LogP contribution in [0.4, 0.5) is 0 Å². The van der Waals surface area contributed by atoms with Crippen molar-refractivity contribution in [3.63, 3.8) is 0 Å². The van der Waals surface area contributed by atoms with Crippen LogP contribution < -0.4 is 0 Å². The van der Waals surface area contributed by atoms with Crippen LogP contribution in [0, 0.1) is 0 Å². The van der Waals surface area contributed by atoms with E-state index in [0.29, 0.717) is 5.75 Å². The van der Waals surface area contributed by atoms with Gasteiger partial charge in [0.05, 0.1) is 0 Å². The maximum Gasteiger partial charge on any atom is 0.115 e. The second-order valence-electron chi connectivity index (χ2n) is 3.23. The van der Waals surface area contributed by atoms with E-state index >= 15 is 0 Å². The number of hydrogen-bond acceptors (Lipinski definition) is 2. The van der Waals surface area contributed by atoms with Crippen molar-refractivity contribution in [1.82, 2.24) is 4.67 Å². The van der Waals surface area contributed by atoms with Gasteiger partial charge in [-0.2, -0.15) is 0 Å². The highest BCUT2D eigenvalue weighted by molar-refractivity contribution is 7.14. The first kappa shape index (κ1) is 12.1. The molecule has 0 saturated carbocycles. The summed E-state index contributed by atoms with van der Waals surface area (Å²) < 4.78 is 2.05. The summed E-state index contributed by atoms with van der Waals surface area (Å²) in [4.78, 5) is 0. The van der Waals surface area contributed by atoms with Crippen molar-refractivity contribution < 1.29 is 5.11 Å². The van der Waals surface area contributed by atoms with Gasteiger partial charge in [-0.25, -0.2) is 0 Å². The summed E-state index contributed by atoms with van der Waals surface area (Å²) in [5.41, 5.74) is 3.33. The van der Waals surface area contributed by atoms with Gasteiger partial charge in [0.1, 0.15) is 5.75 Å². The Bertz CT molecular complexity index is 363. The van der Waals surface area contributed by atoms with Crippen LogP contribution in [-0.4, -0.2) is 16.3 Å². The molecular weight excluding hydrogens is 205 g/mol. The molecule has 0 aliphatic carbocycles. The second kappa shape index (κ2) is 5.18. The number of aromatic hydroxyl groups is 1. The molecule has 1 aliphatic rings. The SMILES string of the molecule is C=C1c2ccc(O)cc2CCN1P.CC. The standard InChI is InChI=1S/C10H12NOP.C2H6/c1-7-10-3-2-9(12)6-8(10)4-5-11(7)13;1-2/h2-3,6,12H,1,4-5,13H2;1-2H3. The fraction of sp³-hybridized carbons (Fsp3) is 0.333. The van der Waals surface area contributed by atoms with Crippen LogP contribution in [0.1, 0.15) is 25.0 Å². The maximum absolute atomic E-state index is 9.29. The smallest absolute Gasteiger partial charge is 0.115 e. The summed E-state index contributed by atoms with van der Waals surface area (Å²) in [6.45, 7) is 8.93. The van der Waals surface area contributed by atoms with Crippen molar-refractivity contribution in [2.75, 3.05) is 6.54 Å². The van der Waals surface area contributed by atoms with Gasteiger partial charge in [0.25, 0.3) is 0 Å². The zero-order valence-electron chi connectivity index (χ0n) is 9.33. The normalized spacial score (nSPS) is 14.1. The molecule has 0 amide bonds. The van der Waals surface area contributed by atoms with Crippen LogP contribution in [0.15, 0.2) is 24.8 Å². The number of phenolic OH excluding ortho intramolecular Hbond substituents is 1. The molecule has 0 bridgehead atoms. The lowest BCUT2D eigenvalue weighted by Crippen LogP contribution is -2.19. The Morgan fingerprint density at radius 1 is 1.40 bits per heavy atom. The minimum absolute atomic E-state index is 0.337. The van der Waals surface area contributed by atoms with Crippen molar-refractivity contribution in [3.05, 3.63) is 35.9 Å². The van der Waals surface area contributed by atoms with E-state index in [1.807, 2.05) is 26.0 Å². The first-order chi connectivity index (χ1) is 7.18. The molecule has 1 atom stereocenters. The van der Waals surface area contributed by atoms with E-state index in [4.69, 9.17) is 0 Å². The lowest BCUT2D eigenvalue weighted by molar-refractivity contribution is 0.473. The minimum atomic E-state index is 0.337. The molecule has 2 rings (SSSR count). The zero-order valence-corrected chi connectivity index (χ0v) is 10.5. The van der Waals surface area contributed by atoms with Gasteiger partial charge in [-0.3, -0.25) is 0 Å². The summed E-state index contributed by atoms with van der Waals surface area (Å²) in [6.07, 6.45) is 0.965. The van der Waals surface area contributed by atoms with E-state index in [2.05, 4.69) is 20.6 Å². The van der Waals surface area contributed by atoms with E-state index in [-0.39, 0.29) is 0 Å². The fourth-order valence-electron chi connectivity index (χ4n) is 1.60. The molecular formula is C12H18NOP. The van der Waals surface area contributed by atoms with Crippen molar-refractivity contribution in [2.45, 2.75) is 20.3 Å². The molecule has 1 unspecified atom stereocenters. The number of hydrogen-bond donors (Lipinski definition) is 1. The van der Waals surface area contributed by atoms with Gasteiger partial charge in [-0.15, -0.1) is 0 Å². The monoisotopic (exact) mass is 223 g/mol. The lowest BCUT2D eigenvalue weighted by Gasteiger charge is -2.28. The molecule has 1 heterocycles. The van der Waals surface area contributed by atoms with Crippen molar-refractivity contribution in [2.24, 2.45) is 0 Å². The number of fused-ring (bicyclic) bond motifs is 1. The fourth-order valence-corrected chi connectivity index (χ4v) is 1.87. The molecule has 0 fully saturated rings. The van der Waals surface area contributed by atoms with E-state index in [9.17, 15) is 5.11 Å². The Morgan fingerprint density at radius 3 is 2.73 bits per heavy atom. The third kappa shape index (κ3) is 2.51. The number of rotatable bonds is 0. The average Bonchev–Trinajstić information content (AvgIpc) is 2.26. The Kier molecular flexibility index (Phi) is 4.16. The van der Waals surface area contributed by atoms with E-state index in [0.717, 1.165) is 24.2 Å². The van der Waals surface area contributed by atoms with Gasteiger partial charge in [-0.1, -0.05) is 20.4 Å². The molecule has 3 heteroatoms. The molecule has 15 heavy (non-hydrogen) atoms. The molecule has 2 nitrogen and oxygen atoms in total. The number of benzene rings is 1. The predicted octanol–water partition coefficient (Wildman–Crippen LogP) is 3.04. The number of nitrogens with zero attached hydrogens (tertiary/aromatic N) is 1. The zero-order chi connectivity index (χ0) is 11.4. The molecule has 0 aromatic heterocycles. The highest BCUT2D eigenvalue weighted by atomic mass is 31.0. The predicted molar refractivity (Wildman–Crippen MR) is 68.6 cm³/mol. The van der Waals surface area contributed by atoms with Crippen molar-refractivity contribution in [3.8, 4) is 5.75 Å². The Balaban J connectivity index is 0.000000531. The summed E-state index contributed by atoms with van der Waals surface area (Å²) in [5.74, 6) is 0.337. The summed E-state index contributed by atoms with van der Waals surface area (Å²) in [6, 6.07) is 5.44. The molecule has 0 spiro atoms. The molecule has 1 N–H and O–H groups in total. The molecule has 0 saturated heterocycles. The summed E-state index contributed by atoms with van der Waals surface area (Å²) in [5, 5.41) is 9.29. The highest BCUT2D eigenvalue weighted by Gasteiger charge is 2.16. The molecule has 1 aromatic rings. The maximum atomic E-state index is 9.29. The largest absolute Gasteiger partial charge is 0.508 e. The second-order valence-corrected chi connectivity index (χ2v) is 3.85. The van der Waals surface area contributed by atoms with Crippen LogP contribution in [0.25, 0.3) is 5.70 Å². The Hall–Kier alpha value is -1.01. The van der Waals surface area contributed by atoms with Crippen LogP contribution in [-0.2, 0) is 6.42 Å². The topological polar surface area (TPSA) is 23.5 Å². The minimum Gasteiger partial charge on any atom is -0.508 e. The Morgan fingerprint density at radius 2 is 2.07 bits per heavy atom. The lowest BCUT2D eigenvalue weighted by atomic mass is 9.98. The van der Waals surface area contributed by atoms with Crippen molar-refractivity contribution in [1.29, 1.82) is 0 Å². The molecule has 1 aliphatic heterocycles. The van der Waals surface area contributed by atoms with Gasteiger partial charge >= 0.3 is 0 Å².